The van der Waals surface area contributed by atoms with E-state index in [0.29, 0.717) is 6.42 Å². The summed E-state index contributed by atoms with van der Waals surface area (Å²) in [6.07, 6.45) is 2.05. The van der Waals surface area contributed by atoms with E-state index in [1.54, 1.807) is 13.8 Å². The van der Waals surface area contributed by atoms with Crippen molar-refractivity contribution in [2.45, 2.75) is 39.2 Å². The van der Waals surface area contributed by atoms with E-state index in [1.807, 2.05) is 0 Å². The van der Waals surface area contributed by atoms with Crippen molar-refractivity contribution >= 4 is 17.8 Å². The summed E-state index contributed by atoms with van der Waals surface area (Å²) in [5.74, 6) is -2.22. The van der Waals surface area contributed by atoms with Crippen molar-refractivity contribution in [3.8, 4) is 0 Å². The number of rotatable bonds is 3. The van der Waals surface area contributed by atoms with Crippen LogP contribution < -0.4 is 0 Å². The Kier molecular flexibility index (Phi) is 2.93. The van der Waals surface area contributed by atoms with Gasteiger partial charge in [-0.2, -0.15) is 0 Å². The highest BCUT2D eigenvalue weighted by molar-refractivity contribution is 6.03. The molecule has 5 nitrogen and oxygen atoms in total. The van der Waals surface area contributed by atoms with Crippen LogP contribution in [0.15, 0.2) is 0 Å². The van der Waals surface area contributed by atoms with Crippen LogP contribution in [0.25, 0.3) is 0 Å². The molecule has 2 bridgehead atoms. The summed E-state index contributed by atoms with van der Waals surface area (Å²) >= 11 is 0. The molecule has 0 radical (unpaired) electrons. The number of aliphatic carboxylic acids is 1. The van der Waals surface area contributed by atoms with Gasteiger partial charge in [0.05, 0.1) is 0 Å². The molecule has 0 aromatic rings. The standard InChI is InChI=1S/C12H17NO4/c1-6(2)9(12(16)17)13-10(14)7-3-4-8(5-7)11(13)15/h6-9H,3-5H2,1-2H3,(H,16,17). The van der Waals surface area contributed by atoms with Crippen molar-refractivity contribution in [1.29, 1.82) is 0 Å². The van der Waals surface area contributed by atoms with Gasteiger partial charge in [-0.25, -0.2) is 4.79 Å². The number of fused-ring (bicyclic) bond motifs is 2. The Hall–Kier alpha value is -1.39. The third-order valence-electron chi connectivity index (χ3n) is 3.77. The van der Waals surface area contributed by atoms with Gasteiger partial charge in [-0.15, -0.1) is 0 Å². The molecule has 5 heteroatoms. The minimum absolute atomic E-state index is 0.140. The fourth-order valence-electron chi connectivity index (χ4n) is 2.90. The maximum absolute atomic E-state index is 12.1. The van der Waals surface area contributed by atoms with Crippen LogP contribution in [-0.4, -0.2) is 33.8 Å². The minimum atomic E-state index is -1.09. The van der Waals surface area contributed by atoms with Gasteiger partial charge in [-0.3, -0.25) is 14.5 Å². The first kappa shape index (κ1) is 12.1. The van der Waals surface area contributed by atoms with Gasteiger partial charge in [-0.1, -0.05) is 13.8 Å². The second-order valence-corrected chi connectivity index (χ2v) is 5.28. The van der Waals surface area contributed by atoms with E-state index >= 15 is 0 Å². The zero-order valence-corrected chi connectivity index (χ0v) is 10.0. The van der Waals surface area contributed by atoms with Crippen molar-refractivity contribution in [3.63, 3.8) is 0 Å². The molecule has 1 saturated carbocycles. The van der Waals surface area contributed by atoms with Gasteiger partial charge >= 0.3 is 5.97 Å². The number of nitrogens with zero attached hydrogens (tertiary/aromatic N) is 1. The normalized spacial score (nSPS) is 29.9. The van der Waals surface area contributed by atoms with E-state index in [9.17, 15) is 19.5 Å². The molecule has 2 amide bonds. The highest BCUT2D eigenvalue weighted by atomic mass is 16.4. The van der Waals surface area contributed by atoms with Gasteiger partial charge in [-0.05, 0) is 25.2 Å². The number of carboxylic acid groups (broad SMARTS) is 1. The van der Waals surface area contributed by atoms with Crippen LogP contribution >= 0.6 is 0 Å². The molecule has 1 aliphatic heterocycles. The summed E-state index contributed by atoms with van der Waals surface area (Å²) in [6, 6.07) is -1.02. The fourth-order valence-corrected chi connectivity index (χ4v) is 2.90. The molecule has 2 fully saturated rings. The van der Waals surface area contributed by atoms with Crippen molar-refractivity contribution in [2.24, 2.45) is 17.8 Å². The van der Waals surface area contributed by atoms with Gasteiger partial charge in [0, 0.05) is 11.8 Å². The molecule has 2 aliphatic rings. The lowest BCUT2D eigenvalue weighted by molar-refractivity contribution is -0.165. The molecule has 1 heterocycles. The average molecular weight is 239 g/mol. The zero-order valence-electron chi connectivity index (χ0n) is 10.0. The first-order valence-electron chi connectivity index (χ1n) is 6.03. The monoisotopic (exact) mass is 239 g/mol. The Labute approximate surface area is 99.8 Å². The van der Waals surface area contributed by atoms with Crippen LogP contribution in [0.2, 0.25) is 0 Å². The molecule has 1 N–H and O–H groups in total. The lowest BCUT2D eigenvalue weighted by Gasteiger charge is -2.35. The van der Waals surface area contributed by atoms with Crippen molar-refractivity contribution in [2.75, 3.05) is 0 Å². The molecule has 3 unspecified atom stereocenters. The number of imide groups is 1. The van der Waals surface area contributed by atoms with E-state index in [4.69, 9.17) is 0 Å². The predicted octanol–water partition coefficient (Wildman–Crippen LogP) is 0.881. The number of hydrogen-bond acceptors (Lipinski definition) is 3. The summed E-state index contributed by atoms with van der Waals surface area (Å²) in [6.45, 7) is 3.44. The summed E-state index contributed by atoms with van der Waals surface area (Å²) in [5, 5.41) is 9.18. The minimum Gasteiger partial charge on any atom is -0.480 e. The quantitative estimate of drug-likeness (QED) is 0.742. The SMILES string of the molecule is CC(C)C(C(=O)O)N1C(=O)C2CCC(C2)C1=O. The molecular formula is C12H17NO4. The van der Waals surface area contributed by atoms with Crippen molar-refractivity contribution < 1.29 is 19.5 Å². The smallest absolute Gasteiger partial charge is 0.327 e. The Bertz CT molecular complexity index is 355. The number of carbonyl (C=O) groups is 3. The third-order valence-corrected chi connectivity index (χ3v) is 3.77. The number of amides is 2. The van der Waals surface area contributed by atoms with E-state index in [-0.39, 0.29) is 29.6 Å². The summed E-state index contributed by atoms with van der Waals surface area (Å²) in [5.41, 5.74) is 0. The summed E-state index contributed by atoms with van der Waals surface area (Å²) in [7, 11) is 0. The van der Waals surface area contributed by atoms with Crippen molar-refractivity contribution in [1.82, 2.24) is 4.90 Å². The lowest BCUT2D eigenvalue weighted by atomic mass is 9.92. The summed E-state index contributed by atoms with van der Waals surface area (Å²) in [4.78, 5) is 36.4. The Morgan fingerprint density at radius 2 is 1.71 bits per heavy atom. The Balaban J connectivity index is 2.32. The van der Waals surface area contributed by atoms with Crippen LogP contribution in [0.4, 0.5) is 0 Å². The van der Waals surface area contributed by atoms with E-state index in [1.165, 1.54) is 0 Å². The van der Waals surface area contributed by atoms with E-state index < -0.39 is 12.0 Å². The first-order valence-corrected chi connectivity index (χ1v) is 6.03. The topological polar surface area (TPSA) is 74.7 Å². The number of carbonyl (C=O) groups excluding carboxylic acids is 2. The van der Waals surface area contributed by atoms with Gasteiger partial charge in [0.15, 0.2) is 0 Å². The molecule has 0 aromatic carbocycles. The van der Waals surface area contributed by atoms with Gasteiger partial charge < -0.3 is 5.11 Å². The number of hydrogen-bond donors (Lipinski definition) is 1. The van der Waals surface area contributed by atoms with Gasteiger partial charge in [0.1, 0.15) is 6.04 Å². The third kappa shape index (κ3) is 1.83. The van der Waals surface area contributed by atoms with Crippen LogP contribution in [0.1, 0.15) is 33.1 Å². The van der Waals surface area contributed by atoms with Gasteiger partial charge in [0.25, 0.3) is 0 Å². The zero-order chi connectivity index (χ0) is 12.7. The number of carboxylic acids is 1. The van der Waals surface area contributed by atoms with E-state index in [2.05, 4.69) is 0 Å². The van der Waals surface area contributed by atoms with Gasteiger partial charge in [0.2, 0.25) is 11.8 Å². The molecule has 17 heavy (non-hydrogen) atoms. The van der Waals surface area contributed by atoms with E-state index in [0.717, 1.165) is 17.7 Å². The molecule has 1 aliphatic carbocycles. The Morgan fingerprint density at radius 3 is 2.06 bits per heavy atom. The number of piperidine rings is 1. The summed E-state index contributed by atoms with van der Waals surface area (Å²) < 4.78 is 0. The van der Waals surface area contributed by atoms with Crippen LogP contribution in [0.5, 0.6) is 0 Å². The highest BCUT2D eigenvalue weighted by Crippen LogP contribution is 2.39. The second kappa shape index (κ2) is 4.13. The Morgan fingerprint density at radius 1 is 1.24 bits per heavy atom. The fraction of sp³-hybridized carbons (Fsp3) is 0.750. The second-order valence-electron chi connectivity index (χ2n) is 5.28. The van der Waals surface area contributed by atoms with Crippen LogP contribution in [0, 0.1) is 17.8 Å². The van der Waals surface area contributed by atoms with Crippen molar-refractivity contribution in [3.05, 3.63) is 0 Å². The largest absolute Gasteiger partial charge is 0.480 e. The maximum Gasteiger partial charge on any atom is 0.327 e. The van der Waals surface area contributed by atoms with Crippen LogP contribution in [-0.2, 0) is 14.4 Å². The number of likely N-dealkylation sites (tertiary alicyclic amines) is 1. The molecule has 3 atom stereocenters. The molecule has 2 rings (SSSR count). The average Bonchev–Trinajstić information content (AvgIpc) is 2.67. The van der Waals surface area contributed by atoms with Crippen LogP contribution in [0.3, 0.4) is 0 Å². The molecule has 0 spiro atoms. The predicted molar refractivity (Wildman–Crippen MR) is 58.9 cm³/mol. The molecule has 0 aromatic heterocycles. The molecule has 1 saturated heterocycles. The highest BCUT2D eigenvalue weighted by Gasteiger charge is 2.49. The lowest BCUT2D eigenvalue weighted by Crippen LogP contribution is -2.56. The molecular weight excluding hydrogens is 222 g/mol. The maximum atomic E-state index is 12.1. The molecule has 94 valence electrons. The first-order chi connectivity index (χ1) is 7.93.